The third-order valence-corrected chi connectivity index (χ3v) is 6.05. The van der Waals surface area contributed by atoms with Crippen molar-refractivity contribution in [2.45, 2.75) is 46.1 Å². The summed E-state index contributed by atoms with van der Waals surface area (Å²) in [5.41, 5.74) is 3.55. The lowest BCUT2D eigenvalue weighted by molar-refractivity contribution is -0.122. The second-order valence-corrected chi connectivity index (χ2v) is 9.43. The van der Waals surface area contributed by atoms with Crippen LogP contribution in [0.5, 0.6) is 5.75 Å². The number of carbonyl (C=O) groups excluding carboxylic acids is 1. The summed E-state index contributed by atoms with van der Waals surface area (Å²) in [6.45, 7) is 6.12. The molecule has 0 radical (unpaired) electrons. The standard InChI is InChI=1S/C23H32N2O4S/c1-6-22(25(30(5,27)28)20-14-17(2)13-18(3)15-20)23(26)24-12-8-10-19-9-7-11-21(16-19)29-4/h7,9,11,13-16,22H,6,8,10,12H2,1-5H3,(H,24,26)/t22-/m0/s1. The zero-order valence-electron chi connectivity index (χ0n) is 18.4. The summed E-state index contributed by atoms with van der Waals surface area (Å²) in [6, 6.07) is 12.6. The van der Waals surface area contributed by atoms with E-state index in [1.54, 1.807) is 19.2 Å². The van der Waals surface area contributed by atoms with Crippen LogP contribution in [0.25, 0.3) is 0 Å². The monoisotopic (exact) mass is 432 g/mol. The maximum atomic E-state index is 12.9. The second-order valence-electron chi connectivity index (χ2n) is 7.57. The van der Waals surface area contributed by atoms with Crippen LogP contribution in [0.1, 0.15) is 36.5 Å². The minimum absolute atomic E-state index is 0.285. The molecular weight excluding hydrogens is 400 g/mol. The van der Waals surface area contributed by atoms with Crippen molar-refractivity contribution >= 4 is 21.6 Å². The molecule has 1 amide bonds. The quantitative estimate of drug-likeness (QED) is 0.582. The van der Waals surface area contributed by atoms with Gasteiger partial charge in [-0.15, -0.1) is 0 Å². The second kappa shape index (κ2) is 10.5. The number of hydrogen-bond acceptors (Lipinski definition) is 4. The molecule has 6 nitrogen and oxygen atoms in total. The SMILES string of the molecule is CC[C@@H](C(=O)NCCCc1cccc(OC)c1)N(c1cc(C)cc(C)c1)S(C)(=O)=O. The van der Waals surface area contributed by atoms with E-state index in [4.69, 9.17) is 4.74 Å². The molecule has 1 atom stereocenters. The van der Waals surface area contributed by atoms with Gasteiger partial charge >= 0.3 is 0 Å². The number of anilines is 1. The first-order valence-corrected chi connectivity index (χ1v) is 12.0. The van der Waals surface area contributed by atoms with Gasteiger partial charge in [0.05, 0.1) is 19.1 Å². The molecule has 0 heterocycles. The van der Waals surface area contributed by atoms with E-state index in [1.165, 1.54) is 4.31 Å². The average molecular weight is 433 g/mol. The van der Waals surface area contributed by atoms with E-state index in [0.29, 0.717) is 18.7 Å². The maximum absolute atomic E-state index is 12.9. The summed E-state index contributed by atoms with van der Waals surface area (Å²) in [7, 11) is -2.00. The fourth-order valence-corrected chi connectivity index (χ4v) is 4.78. The van der Waals surface area contributed by atoms with Gasteiger partial charge in [0.25, 0.3) is 0 Å². The highest BCUT2D eigenvalue weighted by molar-refractivity contribution is 7.92. The molecule has 0 aliphatic heterocycles. The molecule has 2 rings (SSSR count). The molecule has 2 aromatic carbocycles. The maximum Gasteiger partial charge on any atom is 0.243 e. The number of benzene rings is 2. The molecule has 0 saturated heterocycles. The van der Waals surface area contributed by atoms with E-state index in [-0.39, 0.29) is 5.91 Å². The van der Waals surface area contributed by atoms with Crippen LogP contribution >= 0.6 is 0 Å². The molecule has 1 N–H and O–H groups in total. The van der Waals surface area contributed by atoms with Gasteiger partial charge in [-0.05, 0) is 74.1 Å². The number of hydrogen-bond donors (Lipinski definition) is 1. The van der Waals surface area contributed by atoms with Crippen LogP contribution in [-0.4, -0.2) is 40.3 Å². The van der Waals surface area contributed by atoms with Crippen molar-refractivity contribution in [2.75, 3.05) is 24.2 Å². The Balaban J connectivity index is 2.08. The Hall–Kier alpha value is -2.54. The van der Waals surface area contributed by atoms with Gasteiger partial charge in [0.15, 0.2) is 0 Å². The molecule has 30 heavy (non-hydrogen) atoms. The molecule has 0 aliphatic rings. The fourth-order valence-electron chi connectivity index (χ4n) is 3.59. The van der Waals surface area contributed by atoms with Gasteiger partial charge in [-0.3, -0.25) is 9.10 Å². The van der Waals surface area contributed by atoms with Gasteiger partial charge in [-0.2, -0.15) is 0 Å². The summed E-state index contributed by atoms with van der Waals surface area (Å²) in [5.74, 6) is 0.521. The molecule has 0 unspecified atom stereocenters. The molecule has 7 heteroatoms. The van der Waals surface area contributed by atoms with Crippen molar-refractivity contribution in [1.82, 2.24) is 5.32 Å². The van der Waals surface area contributed by atoms with E-state index in [9.17, 15) is 13.2 Å². The van der Waals surface area contributed by atoms with E-state index >= 15 is 0 Å². The molecule has 0 fully saturated rings. The van der Waals surface area contributed by atoms with Gasteiger partial charge in [0.2, 0.25) is 15.9 Å². The molecular formula is C23H32N2O4S. The van der Waals surface area contributed by atoms with Crippen LogP contribution in [0.3, 0.4) is 0 Å². The largest absolute Gasteiger partial charge is 0.497 e. The normalized spacial score (nSPS) is 12.3. The average Bonchev–Trinajstić information content (AvgIpc) is 2.67. The van der Waals surface area contributed by atoms with E-state index in [1.807, 2.05) is 51.1 Å². The van der Waals surface area contributed by atoms with Gasteiger partial charge < -0.3 is 10.1 Å². The van der Waals surface area contributed by atoms with Gasteiger partial charge in [-0.1, -0.05) is 25.1 Å². The molecule has 164 valence electrons. The number of nitrogens with one attached hydrogen (secondary N) is 1. The van der Waals surface area contributed by atoms with E-state index in [2.05, 4.69) is 5.32 Å². The number of nitrogens with zero attached hydrogens (tertiary/aromatic N) is 1. The first-order valence-electron chi connectivity index (χ1n) is 10.1. The Kier molecular flexibility index (Phi) is 8.29. The van der Waals surface area contributed by atoms with Crippen molar-refractivity contribution in [3.8, 4) is 5.75 Å². The summed E-state index contributed by atoms with van der Waals surface area (Å²) in [5, 5.41) is 2.91. The predicted molar refractivity (Wildman–Crippen MR) is 122 cm³/mol. The van der Waals surface area contributed by atoms with Gasteiger partial charge in [0, 0.05) is 6.54 Å². The molecule has 0 spiro atoms. The molecule has 2 aromatic rings. The van der Waals surface area contributed by atoms with Crippen LogP contribution in [0.2, 0.25) is 0 Å². The van der Waals surface area contributed by atoms with Crippen molar-refractivity contribution in [3.63, 3.8) is 0 Å². The lowest BCUT2D eigenvalue weighted by atomic mass is 10.1. The number of carbonyl (C=O) groups is 1. The Bertz CT molecular complexity index is 953. The minimum atomic E-state index is -3.63. The first kappa shape index (κ1) is 23.7. The summed E-state index contributed by atoms with van der Waals surface area (Å²) >= 11 is 0. The number of amides is 1. The summed E-state index contributed by atoms with van der Waals surface area (Å²) < 4.78 is 31.6. The smallest absolute Gasteiger partial charge is 0.243 e. The Morgan fingerprint density at radius 2 is 1.80 bits per heavy atom. The van der Waals surface area contributed by atoms with E-state index < -0.39 is 16.1 Å². The van der Waals surface area contributed by atoms with Crippen molar-refractivity contribution in [3.05, 3.63) is 59.2 Å². The lowest BCUT2D eigenvalue weighted by Crippen LogP contribution is -2.49. The third-order valence-electron chi connectivity index (χ3n) is 4.87. The van der Waals surface area contributed by atoms with Crippen LogP contribution in [0.4, 0.5) is 5.69 Å². The highest BCUT2D eigenvalue weighted by atomic mass is 32.2. The number of ether oxygens (including phenoxy) is 1. The van der Waals surface area contributed by atoms with Crippen LogP contribution < -0.4 is 14.4 Å². The highest BCUT2D eigenvalue weighted by Crippen LogP contribution is 2.25. The highest BCUT2D eigenvalue weighted by Gasteiger charge is 2.31. The Morgan fingerprint density at radius 3 is 2.37 bits per heavy atom. The zero-order chi connectivity index (χ0) is 22.3. The lowest BCUT2D eigenvalue weighted by Gasteiger charge is -2.30. The van der Waals surface area contributed by atoms with Gasteiger partial charge in [-0.25, -0.2) is 8.42 Å². The van der Waals surface area contributed by atoms with Crippen LogP contribution in [0, 0.1) is 13.8 Å². The third kappa shape index (κ3) is 6.49. The summed E-state index contributed by atoms with van der Waals surface area (Å²) in [6.07, 6.45) is 3.06. The Labute approximate surface area is 180 Å². The number of rotatable bonds is 10. The zero-order valence-corrected chi connectivity index (χ0v) is 19.3. The Morgan fingerprint density at radius 1 is 1.13 bits per heavy atom. The number of methoxy groups -OCH3 is 1. The van der Waals surface area contributed by atoms with E-state index in [0.717, 1.165) is 41.5 Å². The first-order chi connectivity index (χ1) is 14.2. The van der Waals surface area contributed by atoms with Crippen LogP contribution in [-0.2, 0) is 21.2 Å². The summed E-state index contributed by atoms with van der Waals surface area (Å²) in [4.78, 5) is 12.9. The van der Waals surface area contributed by atoms with Crippen molar-refractivity contribution < 1.29 is 17.9 Å². The van der Waals surface area contributed by atoms with Crippen molar-refractivity contribution in [2.24, 2.45) is 0 Å². The fraction of sp³-hybridized carbons (Fsp3) is 0.435. The van der Waals surface area contributed by atoms with Crippen LogP contribution in [0.15, 0.2) is 42.5 Å². The molecule has 0 saturated carbocycles. The van der Waals surface area contributed by atoms with Crippen molar-refractivity contribution in [1.29, 1.82) is 0 Å². The number of sulfonamides is 1. The topological polar surface area (TPSA) is 75.7 Å². The number of aryl methyl sites for hydroxylation is 3. The molecule has 0 bridgehead atoms. The predicted octanol–water partition coefficient (Wildman–Crippen LogP) is 3.61. The van der Waals surface area contributed by atoms with Gasteiger partial charge in [0.1, 0.15) is 11.8 Å². The molecule has 0 aliphatic carbocycles. The molecule has 0 aromatic heterocycles. The minimum Gasteiger partial charge on any atom is -0.497 e.